The largest absolute Gasteiger partial charge is 0.388 e. The zero-order valence-corrected chi connectivity index (χ0v) is 21.5. The van der Waals surface area contributed by atoms with Gasteiger partial charge >= 0.3 is 0 Å². The molecule has 1 fully saturated rings. The summed E-state index contributed by atoms with van der Waals surface area (Å²) in [6.45, 7) is 2.50. The fraction of sp³-hybridized carbons (Fsp3) is 0.286. The van der Waals surface area contributed by atoms with Gasteiger partial charge in [-0.3, -0.25) is 4.68 Å². The predicted molar refractivity (Wildman–Crippen MR) is 145 cm³/mol. The molecular formula is C28H28ClN7O2. The Bertz CT molecular complexity index is 1500. The van der Waals surface area contributed by atoms with Crippen LogP contribution in [0.4, 0.5) is 5.82 Å². The number of halogens is 1. The van der Waals surface area contributed by atoms with E-state index in [1.807, 2.05) is 49.5 Å². The lowest BCUT2D eigenvalue weighted by atomic mass is 9.91. The van der Waals surface area contributed by atoms with Crippen molar-refractivity contribution in [2.75, 3.05) is 11.9 Å². The third kappa shape index (κ3) is 4.53. The van der Waals surface area contributed by atoms with Crippen LogP contribution in [0, 0.1) is 6.92 Å². The number of nitrogens with one attached hydrogen (secondary N) is 1. The molecule has 1 unspecified atom stereocenters. The average Bonchev–Trinajstić information content (AvgIpc) is 3.63. The van der Waals surface area contributed by atoms with Gasteiger partial charge < -0.3 is 20.1 Å². The Balaban J connectivity index is 1.30. The molecule has 194 valence electrons. The second-order valence-electron chi connectivity index (χ2n) is 9.77. The van der Waals surface area contributed by atoms with Crippen molar-refractivity contribution in [2.45, 2.75) is 43.6 Å². The molecule has 0 amide bonds. The summed E-state index contributed by atoms with van der Waals surface area (Å²) in [5.41, 5.74) is 4.39. The van der Waals surface area contributed by atoms with E-state index >= 15 is 0 Å². The highest BCUT2D eigenvalue weighted by Crippen LogP contribution is 2.40. The Hall–Kier alpha value is -3.79. The number of aryl methyl sites for hydroxylation is 1. The minimum atomic E-state index is -1.02. The minimum absolute atomic E-state index is 0.0741. The summed E-state index contributed by atoms with van der Waals surface area (Å²) in [7, 11) is 0. The van der Waals surface area contributed by atoms with Crippen LogP contribution >= 0.6 is 11.6 Å². The SMILES string of the molecule is Cc1cnn(C2C[C@@H](n3cnc4c(NCC(c5ccccc5)c5ccccc5)nc(Cl)nc43)[C@H](O)[C@H]2O)c1. The Labute approximate surface area is 224 Å². The zero-order valence-electron chi connectivity index (χ0n) is 20.8. The molecular weight excluding hydrogens is 502 g/mol. The number of imidazole rings is 1. The monoisotopic (exact) mass is 529 g/mol. The number of aromatic nitrogens is 6. The molecule has 0 bridgehead atoms. The standard InChI is InChI=1S/C28H28ClN7O2/c1-17-13-32-36(15-17)22-12-21(24(37)25(22)38)35-16-31-23-26(33-28(29)34-27(23)35)30-14-20(18-8-4-2-5-9-18)19-10-6-3-7-11-19/h2-11,13,15-16,20-22,24-25,37-38H,12,14H2,1H3,(H,30,33,34)/t21-,22?,24+,25+/m1/s1. The molecule has 1 saturated carbocycles. The van der Waals surface area contributed by atoms with Gasteiger partial charge in [-0.25, -0.2) is 4.98 Å². The van der Waals surface area contributed by atoms with E-state index in [4.69, 9.17) is 11.6 Å². The summed E-state index contributed by atoms with van der Waals surface area (Å²) < 4.78 is 3.49. The van der Waals surface area contributed by atoms with Crippen molar-refractivity contribution in [2.24, 2.45) is 0 Å². The van der Waals surface area contributed by atoms with Crippen LogP contribution in [0.25, 0.3) is 11.2 Å². The zero-order chi connectivity index (χ0) is 26.2. The Kier molecular flexibility index (Phi) is 6.57. The molecule has 0 aliphatic heterocycles. The average molecular weight is 530 g/mol. The summed E-state index contributed by atoms with van der Waals surface area (Å²) in [4.78, 5) is 13.5. The maximum absolute atomic E-state index is 11.0. The van der Waals surface area contributed by atoms with E-state index in [2.05, 4.69) is 49.6 Å². The normalized spacial score (nSPS) is 21.4. The number of rotatable bonds is 7. The van der Waals surface area contributed by atoms with Crippen LogP contribution in [-0.4, -0.2) is 58.3 Å². The summed E-state index contributed by atoms with van der Waals surface area (Å²) in [6.07, 6.45) is 3.69. The van der Waals surface area contributed by atoms with Crippen LogP contribution in [0.2, 0.25) is 5.28 Å². The highest BCUT2D eigenvalue weighted by atomic mass is 35.5. The van der Waals surface area contributed by atoms with Crippen molar-refractivity contribution < 1.29 is 10.2 Å². The Morgan fingerprint density at radius 1 is 0.974 bits per heavy atom. The summed E-state index contributed by atoms with van der Waals surface area (Å²) >= 11 is 6.37. The van der Waals surface area contributed by atoms with Gasteiger partial charge in [-0.1, -0.05) is 60.7 Å². The first kappa shape index (κ1) is 24.5. The topological polar surface area (TPSA) is 114 Å². The van der Waals surface area contributed by atoms with Crippen molar-refractivity contribution in [3.05, 3.63) is 101 Å². The lowest BCUT2D eigenvalue weighted by Gasteiger charge is -2.20. The van der Waals surface area contributed by atoms with Crippen molar-refractivity contribution in [3.63, 3.8) is 0 Å². The summed E-state index contributed by atoms with van der Waals surface area (Å²) in [5, 5.41) is 29.6. The maximum Gasteiger partial charge on any atom is 0.226 e. The van der Waals surface area contributed by atoms with Crippen LogP contribution in [-0.2, 0) is 0 Å². The Morgan fingerprint density at radius 2 is 1.63 bits per heavy atom. The van der Waals surface area contributed by atoms with Gasteiger partial charge in [0.2, 0.25) is 5.28 Å². The highest BCUT2D eigenvalue weighted by molar-refractivity contribution is 6.28. The molecule has 1 aliphatic carbocycles. The molecule has 1 aliphatic rings. The lowest BCUT2D eigenvalue weighted by Crippen LogP contribution is -2.30. The fourth-order valence-electron chi connectivity index (χ4n) is 5.39. The van der Waals surface area contributed by atoms with E-state index in [0.29, 0.717) is 29.9 Å². The van der Waals surface area contributed by atoms with E-state index in [0.717, 1.165) is 5.56 Å². The molecule has 0 spiro atoms. The third-order valence-electron chi connectivity index (χ3n) is 7.32. The molecule has 0 radical (unpaired) electrons. The molecule has 5 aromatic rings. The molecule has 10 heteroatoms. The van der Waals surface area contributed by atoms with E-state index in [9.17, 15) is 10.2 Å². The van der Waals surface area contributed by atoms with Crippen LogP contribution < -0.4 is 5.32 Å². The van der Waals surface area contributed by atoms with Gasteiger partial charge in [-0.05, 0) is 41.6 Å². The van der Waals surface area contributed by atoms with Crippen LogP contribution in [0.1, 0.15) is 41.1 Å². The maximum atomic E-state index is 11.0. The van der Waals surface area contributed by atoms with Crippen molar-refractivity contribution in [1.82, 2.24) is 29.3 Å². The molecule has 3 N–H and O–H groups in total. The highest BCUT2D eigenvalue weighted by Gasteiger charge is 2.44. The number of anilines is 1. The van der Waals surface area contributed by atoms with E-state index in [1.165, 1.54) is 11.1 Å². The first-order chi connectivity index (χ1) is 18.5. The third-order valence-corrected chi connectivity index (χ3v) is 7.49. The molecule has 0 saturated heterocycles. The lowest BCUT2D eigenvalue weighted by molar-refractivity contribution is 0.00722. The number of benzene rings is 2. The van der Waals surface area contributed by atoms with Gasteiger partial charge in [-0.2, -0.15) is 15.1 Å². The van der Waals surface area contributed by atoms with Gasteiger partial charge in [-0.15, -0.1) is 0 Å². The molecule has 3 aromatic heterocycles. The van der Waals surface area contributed by atoms with Gasteiger partial charge in [0.1, 0.15) is 12.2 Å². The molecule has 38 heavy (non-hydrogen) atoms. The van der Waals surface area contributed by atoms with E-state index in [-0.39, 0.29) is 17.2 Å². The number of hydrogen-bond acceptors (Lipinski definition) is 7. The second kappa shape index (κ2) is 10.2. The van der Waals surface area contributed by atoms with Gasteiger partial charge in [0.25, 0.3) is 0 Å². The molecule has 9 nitrogen and oxygen atoms in total. The van der Waals surface area contributed by atoms with Gasteiger partial charge in [0.05, 0.1) is 24.6 Å². The van der Waals surface area contributed by atoms with Crippen molar-refractivity contribution in [1.29, 1.82) is 0 Å². The fourth-order valence-corrected chi connectivity index (χ4v) is 5.56. The van der Waals surface area contributed by atoms with Gasteiger partial charge in [0.15, 0.2) is 17.0 Å². The van der Waals surface area contributed by atoms with Crippen molar-refractivity contribution >= 4 is 28.6 Å². The van der Waals surface area contributed by atoms with Gasteiger partial charge in [0, 0.05) is 18.7 Å². The van der Waals surface area contributed by atoms with E-state index in [1.54, 1.807) is 21.8 Å². The quantitative estimate of drug-likeness (QED) is 0.271. The number of aliphatic hydroxyl groups is 2. The first-order valence-corrected chi connectivity index (χ1v) is 13.0. The van der Waals surface area contributed by atoms with Crippen LogP contribution in [0.3, 0.4) is 0 Å². The molecule has 3 heterocycles. The van der Waals surface area contributed by atoms with Crippen molar-refractivity contribution in [3.8, 4) is 0 Å². The molecule has 2 aromatic carbocycles. The van der Waals surface area contributed by atoms with Crippen LogP contribution in [0.5, 0.6) is 0 Å². The molecule has 4 atom stereocenters. The van der Waals surface area contributed by atoms with Crippen LogP contribution in [0.15, 0.2) is 79.4 Å². The smallest absolute Gasteiger partial charge is 0.226 e. The number of fused-ring (bicyclic) bond motifs is 1. The molecule has 6 rings (SSSR count). The minimum Gasteiger partial charge on any atom is -0.388 e. The summed E-state index contributed by atoms with van der Waals surface area (Å²) in [5.74, 6) is 0.594. The Morgan fingerprint density at radius 3 is 2.26 bits per heavy atom. The predicted octanol–water partition coefficient (Wildman–Crippen LogP) is 4.14. The number of hydrogen-bond donors (Lipinski definition) is 3. The summed E-state index contributed by atoms with van der Waals surface area (Å²) in [6, 6.07) is 19.8. The number of aliphatic hydroxyl groups excluding tert-OH is 2. The first-order valence-electron chi connectivity index (χ1n) is 12.6. The van der Waals surface area contributed by atoms with E-state index < -0.39 is 18.2 Å². The second-order valence-corrected chi connectivity index (χ2v) is 10.1. The number of nitrogens with zero attached hydrogens (tertiary/aromatic N) is 6.